The third-order valence-electron chi connectivity index (χ3n) is 4.01. The molecule has 0 amide bonds. The van der Waals surface area contributed by atoms with Gasteiger partial charge in [0.15, 0.2) is 5.75 Å². The molecular formula is C14H25N3O. The van der Waals surface area contributed by atoms with Gasteiger partial charge in [-0.1, -0.05) is 13.3 Å². The first-order valence-corrected chi connectivity index (χ1v) is 7.04. The molecule has 1 aromatic rings. The van der Waals surface area contributed by atoms with Gasteiger partial charge in [0.2, 0.25) is 0 Å². The van der Waals surface area contributed by atoms with Crippen molar-refractivity contribution in [2.45, 2.75) is 38.5 Å². The highest BCUT2D eigenvalue weighted by Crippen LogP contribution is 2.42. The quantitative estimate of drug-likeness (QED) is 0.789. The predicted octanol–water partition coefficient (Wildman–Crippen LogP) is 2.31. The van der Waals surface area contributed by atoms with E-state index in [1.165, 1.54) is 31.4 Å². The summed E-state index contributed by atoms with van der Waals surface area (Å²) in [4.78, 5) is 0. The maximum atomic E-state index is 5.45. The second-order valence-electron chi connectivity index (χ2n) is 5.22. The summed E-state index contributed by atoms with van der Waals surface area (Å²) in [5, 5.41) is 7.89. The highest BCUT2D eigenvalue weighted by molar-refractivity contribution is 5.30. The van der Waals surface area contributed by atoms with Crippen LogP contribution < -0.4 is 10.1 Å². The molecule has 1 aromatic heterocycles. The Morgan fingerprint density at radius 3 is 3.06 bits per heavy atom. The number of aromatic nitrogens is 2. The molecule has 2 atom stereocenters. The van der Waals surface area contributed by atoms with E-state index in [1.807, 2.05) is 17.9 Å². The number of hydrogen-bond donors (Lipinski definition) is 1. The highest BCUT2D eigenvalue weighted by atomic mass is 16.5. The van der Waals surface area contributed by atoms with E-state index < -0.39 is 0 Å². The molecule has 0 saturated heterocycles. The molecular weight excluding hydrogens is 226 g/mol. The van der Waals surface area contributed by atoms with Crippen molar-refractivity contribution in [3.05, 3.63) is 11.9 Å². The molecule has 1 aliphatic carbocycles. The van der Waals surface area contributed by atoms with Crippen LogP contribution in [0.25, 0.3) is 0 Å². The number of nitrogens with one attached hydrogen (secondary N) is 1. The molecule has 2 rings (SSSR count). The number of methoxy groups -OCH3 is 1. The molecule has 0 bridgehead atoms. The van der Waals surface area contributed by atoms with Crippen molar-refractivity contribution >= 4 is 0 Å². The maximum Gasteiger partial charge on any atom is 0.160 e. The first-order valence-electron chi connectivity index (χ1n) is 7.04. The molecule has 2 unspecified atom stereocenters. The minimum atomic E-state index is 0.594. The van der Waals surface area contributed by atoms with E-state index in [1.54, 1.807) is 7.11 Å². The zero-order chi connectivity index (χ0) is 13.0. The molecule has 1 N–H and O–H groups in total. The average Bonchev–Trinajstić information content (AvgIpc) is 2.95. The summed E-state index contributed by atoms with van der Waals surface area (Å²) < 4.78 is 7.44. The van der Waals surface area contributed by atoms with E-state index >= 15 is 0 Å². The lowest BCUT2D eigenvalue weighted by molar-refractivity contribution is 0.381. The summed E-state index contributed by atoms with van der Waals surface area (Å²) in [6.45, 7) is 4.45. The molecule has 0 aliphatic heterocycles. The van der Waals surface area contributed by atoms with Crippen molar-refractivity contribution in [3.63, 3.8) is 0 Å². The highest BCUT2D eigenvalue weighted by Gasteiger charge is 2.32. The Morgan fingerprint density at radius 1 is 1.50 bits per heavy atom. The Morgan fingerprint density at radius 2 is 2.33 bits per heavy atom. The van der Waals surface area contributed by atoms with Gasteiger partial charge in [0.1, 0.15) is 0 Å². The lowest BCUT2D eigenvalue weighted by atomic mass is 9.92. The predicted molar refractivity (Wildman–Crippen MR) is 73.0 cm³/mol. The smallest absolute Gasteiger partial charge is 0.160 e. The lowest BCUT2D eigenvalue weighted by Gasteiger charge is -2.21. The number of aryl methyl sites for hydroxylation is 1. The number of rotatable bonds is 6. The largest absolute Gasteiger partial charge is 0.493 e. The first kappa shape index (κ1) is 13.4. The molecule has 4 nitrogen and oxygen atoms in total. The fourth-order valence-corrected chi connectivity index (χ4v) is 3.11. The summed E-state index contributed by atoms with van der Waals surface area (Å²) in [5.41, 5.74) is 1.28. The number of hydrogen-bond acceptors (Lipinski definition) is 3. The van der Waals surface area contributed by atoms with E-state index in [0.29, 0.717) is 5.92 Å². The van der Waals surface area contributed by atoms with Crippen LogP contribution in [-0.4, -0.2) is 30.0 Å². The lowest BCUT2D eigenvalue weighted by Crippen LogP contribution is -2.26. The second kappa shape index (κ2) is 6.23. The van der Waals surface area contributed by atoms with E-state index in [9.17, 15) is 0 Å². The third kappa shape index (κ3) is 2.69. The zero-order valence-electron chi connectivity index (χ0n) is 11.8. The second-order valence-corrected chi connectivity index (χ2v) is 5.22. The Balaban J connectivity index is 2.08. The molecule has 1 saturated carbocycles. The Kier molecular flexibility index (Phi) is 4.64. The summed E-state index contributed by atoms with van der Waals surface area (Å²) in [5.74, 6) is 2.27. The summed E-state index contributed by atoms with van der Waals surface area (Å²) in [6.07, 6.45) is 6.93. The molecule has 0 spiro atoms. The molecule has 18 heavy (non-hydrogen) atoms. The van der Waals surface area contributed by atoms with Crippen molar-refractivity contribution in [2.24, 2.45) is 13.0 Å². The van der Waals surface area contributed by atoms with Crippen LogP contribution in [-0.2, 0) is 7.05 Å². The van der Waals surface area contributed by atoms with Gasteiger partial charge in [-0.25, -0.2) is 0 Å². The minimum Gasteiger partial charge on any atom is -0.493 e. The van der Waals surface area contributed by atoms with E-state index in [2.05, 4.69) is 17.3 Å². The van der Waals surface area contributed by atoms with Gasteiger partial charge in [-0.2, -0.15) is 5.10 Å². The molecule has 1 aliphatic rings. The maximum absolute atomic E-state index is 5.45. The normalized spacial score (nSPS) is 23.5. The topological polar surface area (TPSA) is 39.1 Å². The molecule has 1 heterocycles. The van der Waals surface area contributed by atoms with Crippen LogP contribution in [0.2, 0.25) is 0 Å². The molecule has 4 heteroatoms. The van der Waals surface area contributed by atoms with E-state index in [0.717, 1.165) is 24.8 Å². The SMILES string of the molecule is CCCNCC1CCCC1c1c(OC)cnn1C. The van der Waals surface area contributed by atoms with Gasteiger partial charge in [0.25, 0.3) is 0 Å². The van der Waals surface area contributed by atoms with Gasteiger partial charge in [0.05, 0.1) is 19.0 Å². The van der Waals surface area contributed by atoms with Crippen LogP contribution in [0.4, 0.5) is 0 Å². The first-order chi connectivity index (χ1) is 8.77. The van der Waals surface area contributed by atoms with Gasteiger partial charge in [0, 0.05) is 13.0 Å². The summed E-state index contributed by atoms with van der Waals surface area (Å²) in [6, 6.07) is 0. The van der Waals surface area contributed by atoms with Crippen LogP contribution in [0.3, 0.4) is 0 Å². The Labute approximate surface area is 110 Å². The monoisotopic (exact) mass is 251 g/mol. The van der Waals surface area contributed by atoms with Gasteiger partial charge in [-0.05, 0) is 38.3 Å². The van der Waals surface area contributed by atoms with E-state index in [-0.39, 0.29) is 0 Å². The van der Waals surface area contributed by atoms with Crippen molar-refractivity contribution in [1.82, 2.24) is 15.1 Å². The standard InChI is InChI=1S/C14H25N3O/c1-4-8-15-9-11-6-5-7-12(11)14-13(18-3)10-16-17(14)2/h10-12,15H,4-9H2,1-3H3. The number of nitrogens with zero attached hydrogens (tertiary/aromatic N) is 2. The average molecular weight is 251 g/mol. The van der Waals surface area contributed by atoms with Crippen molar-refractivity contribution < 1.29 is 4.74 Å². The van der Waals surface area contributed by atoms with Gasteiger partial charge in [-0.3, -0.25) is 4.68 Å². The van der Waals surface area contributed by atoms with Gasteiger partial charge >= 0.3 is 0 Å². The summed E-state index contributed by atoms with van der Waals surface area (Å²) >= 11 is 0. The third-order valence-corrected chi connectivity index (χ3v) is 4.01. The zero-order valence-corrected chi connectivity index (χ0v) is 11.8. The van der Waals surface area contributed by atoms with Gasteiger partial charge in [-0.15, -0.1) is 0 Å². The van der Waals surface area contributed by atoms with Crippen molar-refractivity contribution in [1.29, 1.82) is 0 Å². The molecule has 0 radical (unpaired) electrons. The molecule has 102 valence electrons. The number of ether oxygens (including phenoxy) is 1. The van der Waals surface area contributed by atoms with Crippen molar-refractivity contribution in [3.8, 4) is 5.75 Å². The van der Waals surface area contributed by atoms with Crippen LogP contribution in [0.5, 0.6) is 5.75 Å². The van der Waals surface area contributed by atoms with Gasteiger partial charge < -0.3 is 10.1 Å². The summed E-state index contributed by atoms with van der Waals surface area (Å²) in [7, 11) is 3.76. The Hall–Kier alpha value is -1.03. The van der Waals surface area contributed by atoms with E-state index in [4.69, 9.17) is 4.74 Å². The fourth-order valence-electron chi connectivity index (χ4n) is 3.11. The van der Waals surface area contributed by atoms with Crippen LogP contribution in [0.15, 0.2) is 6.20 Å². The minimum absolute atomic E-state index is 0.594. The van der Waals surface area contributed by atoms with Crippen LogP contribution >= 0.6 is 0 Å². The Bertz CT molecular complexity index is 375. The molecule has 0 aromatic carbocycles. The van der Waals surface area contributed by atoms with Crippen LogP contribution in [0, 0.1) is 5.92 Å². The van der Waals surface area contributed by atoms with Crippen LogP contribution in [0.1, 0.15) is 44.2 Å². The molecule has 1 fully saturated rings. The van der Waals surface area contributed by atoms with Crippen molar-refractivity contribution in [2.75, 3.05) is 20.2 Å². The fraction of sp³-hybridized carbons (Fsp3) is 0.786.